The normalized spacial score (nSPS) is 23.1. The highest BCUT2D eigenvalue weighted by Gasteiger charge is 2.51. The Balaban J connectivity index is 1.61. The molecule has 7 heteroatoms. The van der Waals surface area contributed by atoms with E-state index in [1.165, 1.54) is 16.7 Å². The van der Waals surface area contributed by atoms with Crippen LogP contribution in [0, 0.1) is 0 Å². The SMILES string of the molecule is O=C(O)C1C(C=Cc2ccccn2)=CS[C@H]2C(=Cc3ccccn3)C(=O)N12. The van der Waals surface area contributed by atoms with Gasteiger partial charge in [-0.25, -0.2) is 4.79 Å². The first-order valence-electron chi connectivity index (χ1n) is 8.28. The number of rotatable bonds is 4. The van der Waals surface area contributed by atoms with Crippen LogP contribution in [-0.4, -0.2) is 43.3 Å². The lowest BCUT2D eigenvalue weighted by Crippen LogP contribution is -2.61. The van der Waals surface area contributed by atoms with Gasteiger partial charge in [-0.1, -0.05) is 18.2 Å². The Morgan fingerprint density at radius 3 is 2.41 bits per heavy atom. The fourth-order valence-electron chi connectivity index (χ4n) is 3.01. The molecule has 0 bridgehead atoms. The largest absolute Gasteiger partial charge is 0.479 e. The molecule has 1 saturated heterocycles. The molecule has 134 valence electrons. The molecule has 2 atom stereocenters. The van der Waals surface area contributed by atoms with Crippen molar-refractivity contribution in [2.45, 2.75) is 11.4 Å². The van der Waals surface area contributed by atoms with Crippen molar-refractivity contribution in [3.05, 3.63) is 82.8 Å². The van der Waals surface area contributed by atoms with Crippen LogP contribution in [0.25, 0.3) is 12.2 Å². The molecule has 2 aromatic heterocycles. The van der Waals surface area contributed by atoms with E-state index in [0.29, 0.717) is 16.8 Å². The van der Waals surface area contributed by atoms with Crippen LogP contribution in [-0.2, 0) is 9.59 Å². The predicted octanol–water partition coefficient (Wildman–Crippen LogP) is 2.83. The van der Waals surface area contributed by atoms with Gasteiger partial charge in [-0.05, 0) is 47.4 Å². The monoisotopic (exact) mass is 377 g/mol. The van der Waals surface area contributed by atoms with Gasteiger partial charge in [-0.3, -0.25) is 14.8 Å². The van der Waals surface area contributed by atoms with Gasteiger partial charge in [0.2, 0.25) is 0 Å². The van der Waals surface area contributed by atoms with Gasteiger partial charge in [0.15, 0.2) is 6.04 Å². The zero-order valence-corrected chi connectivity index (χ0v) is 14.9. The topological polar surface area (TPSA) is 83.4 Å². The Morgan fingerprint density at radius 2 is 1.78 bits per heavy atom. The number of aliphatic carboxylic acids is 1. The summed E-state index contributed by atoms with van der Waals surface area (Å²) in [4.78, 5) is 34.3. The van der Waals surface area contributed by atoms with E-state index in [1.54, 1.807) is 42.1 Å². The lowest BCUT2D eigenvalue weighted by Gasteiger charge is -2.47. The number of aromatic nitrogens is 2. The van der Waals surface area contributed by atoms with Crippen LogP contribution in [0.2, 0.25) is 0 Å². The Kier molecular flexibility index (Phi) is 4.60. The van der Waals surface area contributed by atoms with Gasteiger partial charge in [0, 0.05) is 12.4 Å². The third kappa shape index (κ3) is 3.29. The van der Waals surface area contributed by atoms with Gasteiger partial charge >= 0.3 is 5.97 Å². The molecule has 1 unspecified atom stereocenters. The summed E-state index contributed by atoms with van der Waals surface area (Å²) in [6.07, 6.45) is 8.50. The molecule has 2 aliphatic rings. The van der Waals surface area contributed by atoms with Crippen LogP contribution in [0.1, 0.15) is 11.4 Å². The average Bonchev–Trinajstić information content (AvgIpc) is 2.71. The first kappa shape index (κ1) is 17.2. The number of nitrogens with zero attached hydrogens (tertiary/aromatic N) is 3. The maximum Gasteiger partial charge on any atom is 0.331 e. The molecule has 1 N–H and O–H groups in total. The quantitative estimate of drug-likeness (QED) is 0.652. The second-order valence-corrected chi connectivity index (χ2v) is 6.96. The molecule has 27 heavy (non-hydrogen) atoms. The van der Waals surface area contributed by atoms with Crippen LogP contribution in [0.3, 0.4) is 0 Å². The van der Waals surface area contributed by atoms with Gasteiger partial charge in [0.1, 0.15) is 5.37 Å². The molecular formula is C20H15N3O3S. The lowest BCUT2D eigenvalue weighted by molar-refractivity contribution is -0.150. The Morgan fingerprint density at radius 1 is 1.07 bits per heavy atom. The van der Waals surface area contributed by atoms with Gasteiger partial charge in [0.05, 0.1) is 17.0 Å². The summed E-state index contributed by atoms with van der Waals surface area (Å²) in [6, 6.07) is 9.94. The summed E-state index contributed by atoms with van der Waals surface area (Å²) < 4.78 is 0. The minimum atomic E-state index is -1.05. The number of amides is 1. The maximum absolute atomic E-state index is 12.6. The van der Waals surface area contributed by atoms with E-state index in [4.69, 9.17) is 0 Å². The molecule has 1 fully saturated rings. The Labute approximate surface area is 159 Å². The number of carbonyl (C=O) groups excluding carboxylic acids is 1. The van der Waals surface area contributed by atoms with Crippen LogP contribution < -0.4 is 0 Å². The summed E-state index contributed by atoms with van der Waals surface area (Å²) in [5.41, 5.74) is 2.52. The van der Waals surface area contributed by atoms with Crippen molar-refractivity contribution < 1.29 is 14.7 Å². The minimum Gasteiger partial charge on any atom is -0.479 e. The highest BCUT2D eigenvalue weighted by molar-refractivity contribution is 8.03. The van der Waals surface area contributed by atoms with Crippen molar-refractivity contribution >= 4 is 35.8 Å². The highest BCUT2D eigenvalue weighted by atomic mass is 32.2. The number of hydrogen-bond donors (Lipinski definition) is 1. The van der Waals surface area contributed by atoms with Crippen LogP contribution >= 0.6 is 11.8 Å². The number of fused-ring (bicyclic) bond motifs is 1. The Hall–Kier alpha value is -3.19. The molecular weight excluding hydrogens is 362 g/mol. The molecule has 2 aromatic rings. The van der Waals surface area contributed by atoms with E-state index in [1.807, 2.05) is 30.3 Å². The van der Waals surface area contributed by atoms with Crippen LogP contribution in [0.5, 0.6) is 0 Å². The zero-order chi connectivity index (χ0) is 18.8. The number of pyridine rings is 2. The standard InChI is InChI=1S/C20H15N3O3S/c24-18-16(11-15-6-2-4-10-22-15)19-23(18)17(20(25)26)13(12-27-19)7-8-14-5-1-3-9-21-14/h1-12,17,19H,(H,25,26)/t17?,19-/m0/s1. The fraction of sp³-hybridized carbons (Fsp3) is 0.100. The maximum atomic E-state index is 12.6. The number of hydrogen-bond acceptors (Lipinski definition) is 5. The molecule has 1 amide bonds. The average molecular weight is 377 g/mol. The fourth-order valence-corrected chi connectivity index (χ4v) is 4.16. The van der Waals surface area contributed by atoms with Crippen LogP contribution in [0.4, 0.5) is 0 Å². The molecule has 0 saturated carbocycles. The van der Waals surface area contributed by atoms with Gasteiger partial charge in [-0.15, -0.1) is 11.8 Å². The van der Waals surface area contributed by atoms with Gasteiger partial charge in [-0.2, -0.15) is 0 Å². The zero-order valence-electron chi connectivity index (χ0n) is 14.1. The third-order valence-corrected chi connectivity index (χ3v) is 5.43. The number of carboxylic acids is 1. The molecule has 6 nitrogen and oxygen atoms in total. The number of β-lactam (4-membered cyclic amide) rings is 1. The first-order valence-corrected chi connectivity index (χ1v) is 9.22. The molecule has 0 aromatic carbocycles. The van der Waals surface area contributed by atoms with E-state index >= 15 is 0 Å². The van der Waals surface area contributed by atoms with E-state index in [0.717, 1.165) is 5.69 Å². The number of carboxylic acid groups (broad SMARTS) is 1. The first-order chi connectivity index (χ1) is 13.1. The molecule has 0 radical (unpaired) electrons. The second-order valence-electron chi connectivity index (χ2n) is 6.00. The van der Waals surface area contributed by atoms with E-state index in [9.17, 15) is 14.7 Å². The van der Waals surface area contributed by atoms with E-state index < -0.39 is 12.0 Å². The van der Waals surface area contributed by atoms with Crippen molar-refractivity contribution in [3.8, 4) is 0 Å². The predicted molar refractivity (Wildman–Crippen MR) is 103 cm³/mol. The van der Waals surface area contributed by atoms with Crippen molar-refractivity contribution in [2.75, 3.05) is 0 Å². The number of thioether (sulfide) groups is 1. The minimum absolute atomic E-state index is 0.276. The van der Waals surface area contributed by atoms with Crippen molar-refractivity contribution in [1.82, 2.24) is 14.9 Å². The van der Waals surface area contributed by atoms with E-state index in [2.05, 4.69) is 9.97 Å². The van der Waals surface area contributed by atoms with Crippen LogP contribution in [0.15, 0.2) is 71.4 Å². The highest BCUT2D eigenvalue weighted by Crippen LogP contribution is 2.44. The summed E-state index contributed by atoms with van der Waals surface area (Å²) in [5.74, 6) is -1.33. The molecule has 0 spiro atoms. The molecule has 4 rings (SSSR count). The smallest absolute Gasteiger partial charge is 0.331 e. The van der Waals surface area contributed by atoms with Gasteiger partial charge < -0.3 is 10.0 Å². The third-order valence-electron chi connectivity index (χ3n) is 4.29. The van der Waals surface area contributed by atoms with Crippen molar-refractivity contribution in [3.63, 3.8) is 0 Å². The van der Waals surface area contributed by atoms with E-state index in [-0.39, 0.29) is 11.3 Å². The van der Waals surface area contributed by atoms with Crippen molar-refractivity contribution in [1.29, 1.82) is 0 Å². The van der Waals surface area contributed by atoms with Crippen molar-refractivity contribution in [2.24, 2.45) is 0 Å². The Bertz CT molecular complexity index is 970. The summed E-state index contributed by atoms with van der Waals surface area (Å²) in [5, 5.41) is 11.2. The van der Waals surface area contributed by atoms with Gasteiger partial charge in [0.25, 0.3) is 5.91 Å². The molecule has 4 heterocycles. The molecule has 2 aliphatic heterocycles. The number of carbonyl (C=O) groups is 2. The second kappa shape index (κ2) is 7.20. The lowest BCUT2D eigenvalue weighted by atomic mass is 9.96. The molecule has 0 aliphatic carbocycles. The summed E-state index contributed by atoms with van der Waals surface area (Å²) in [7, 11) is 0. The summed E-state index contributed by atoms with van der Waals surface area (Å²) >= 11 is 1.42. The summed E-state index contributed by atoms with van der Waals surface area (Å²) in [6.45, 7) is 0.